The van der Waals surface area contributed by atoms with Crippen LogP contribution < -0.4 is 5.32 Å². The van der Waals surface area contributed by atoms with Crippen LogP contribution in [0.1, 0.15) is 23.3 Å². The third-order valence-corrected chi connectivity index (χ3v) is 6.40. The fourth-order valence-electron chi connectivity index (χ4n) is 2.15. The van der Waals surface area contributed by atoms with E-state index in [0.29, 0.717) is 23.1 Å². The Labute approximate surface area is 168 Å². The van der Waals surface area contributed by atoms with Crippen molar-refractivity contribution in [3.05, 3.63) is 58.3 Å². The number of benzene rings is 1. The van der Waals surface area contributed by atoms with E-state index in [-0.39, 0.29) is 5.91 Å². The summed E-state index contributed by atoms with van der Waals surface area (Å²) in [6, 6.07) is 9.95. The standard InChI is InChI=1S/C18H17BrN4OS2/c19-13-6-1-2-7-15(13)25-11-4-3-8-22-17(24)14-12-26-18(23-14)16-20-9-5-10-21-16/h1-2,5-7,9-10,12H,3-4,8,11H2,(H,22,24). The van der Waals surface area contributed by atoms with Gasteiger partial charge < -0.3 is 5.32 Å². The van der Waals surface area contributed by atoms with E-state index in [4.69, 9.17) is 0 Å². The minimum atomic E-state index is -0.151. The molecule has 0 spiro atoms. The van der Waals surface area contributed by atoms with E-state index >= 15 is 0 Å². The average Bonchev–Trinajstić information content (AvgIpc) is 3.17. The fourth-order valence-corrected chi connectivity index (χ4v) is 4.48. The summed E-state index contributed by atoms with van der Waals surface area (Å²) in [5.74, 6) is 1.41. The largest absolute Gasteiger partial charge is 0.351 e. The molecule has 0 aliphatic heterocycles. The molecule has 0 aliphatic rings. The molecule has 0 fully saturated rings. The normalized spacial score (nSPS) is 10.7. The second-order valence-electron chi connectivity index (χ2n) is 5.35. The highest BCUT2D eigenvalue weighted by Crippen LogP contribution is 2.27. The van der Waals surface area contributed by atoms with Gasteiger partial charge in [0.2, 0.25) is 0 Å². The summed E-state index contributed by atoms with van der Waals surface area (Å²) >= 11 is 6.74. The molecule has 0 atom stereocenters. The Kier molecular flexibility index (Phi) is 7.16. The maximum atomic E-state index is 12.2. The van der Waals surface area contributed by atoms with E-state index in [9.17, 15) is 4.79 Å². The third-order valence-electron chi connectivity index (χ3n) is 3.44. The molecule has 0 saturated heterocycles. The quantitative estimate of drug-likeness (QED) is 0.400. The van der Waals surface area contributed by atoms with Gasteiger partial charge in [-0.3, -0.25) is 4.79 Å². The van der Waals surface area contributed by atoms with Gasteiger partial charge in [-0.25, -0.2) is 15.0 Å². The smallest absolute Gasteiger partial charge is 0.270 e. The Morgan fingerprint density at radius 3 is 2.77 bits per heavy atom. The molecule has 8 heteroatoms. The molecule has 0 aliphatic carbocycles. The predicted molar refractivity (Wildman–Crippen MR) is 110 cm³/mol. The van der Waals surface area contributed by atoms with Gasteiger partial charge in [0.15, 0.2) is 10.8 Å². The molecule has 0 bridgehead atoms. The summed E-state index contributed by atoms with van der Waals surface area (Å²) in [6.07, 6.45) is 5.29. The molecule has 26 heavy (non-hydrogen) atoms. The number of hydrogen-bond donors (Lipinski definition) is 1. The number of carbonyl (C=O) groups is 1. The number of rotatable bonds is 8. The first-order valence-electron chi connectivity index (χ1n) is 8.12. The van der Waals surface area contributed by atoms with Crippen LogP contribution in [0.2, 0.25) is 0 Å². The number of halogens is 1. The molecule has 1 amide bonds. The maximum Gasteiger partial charge on any atom is 0.270 e. The van der Waals surface area contributed by atoms with Gasteiger partial charge in [-0.2, -0.15) is 0 Å². The molecule has 1 aromatic carbocycles. The van der Waals surface area contributed by atoms with Gasteiger partial charge >= 0.3 is 0 Å². The molecule has 0 saturated carbocycles. The first-order chi connectivity index (χ1) is 12.7. The van der Waals surface area contributed by atoms with Gasteiger partial charge in [-0.05, 0) is 52.7 Å². The highest BCUT2D eigenvalue weighted by molar-refractivity contribution is 9.10. The lowest BCUT2D eigenvalue weighted by atomic mass is 10.3. The van der Waals surface area contributed by atoms with Crippen LogP contribution in [-0.4, -0.2) is 33.2 Å². The van der Waals surface area contributed by atoms with Crippen LogP contribution in [0, 0.1) is 0 Å². The van der Waals surface area contributed by atoms with Crippen molar-refractivity contribution in [2.45, 2.75) is 17.7 Å². The van der Waals surface area contributed by atoms with Crippen molar-refractivity contribution >= 4 is 44.9 Å². The Bertz CT molecular complexity index is 857. The van der Waals surface area contributed by atoms with Crippen LogP contribution in [0.4, 0.5) is 0 Å². The predicted octanol–water partition coefficient (Wildman–Crippen LogP) is 4.66. The van der Waals surface area contributed by atoms with Crippen LogP contribution in [-0.2, 0) is 0 Å². The lowest BCUT2D eigenvalue weighted by molar-refractivity contribution is 0.0949. The van der Waals surface area contributed by atoms with E-state index in [2.05, 4.69) is 42.3 Å². The number of thioether (sulfide) groups is 1. The van der Waals surface area contributed by atoms with Gasteiger partial charge in [0, 0.05) is 33.7 Å². The Balaban J connectivity index is 1.38. The van der Waals surface area contributed by atoms with Crippen LogP contribution in [0.25, 0.3) is 10.8 Å². The Morgan fingerprint density at radius 2 is 1.96 bits per heavy atom. The van der Waals surface area contributed by atoms with Gasteiger partial charge in [-0.1, -0.05) is 12.1 Å². The zero-order chi connectivity index (χ0) is 18.2. The zero-order valence-electron chi connectivity index (χ0n) is 13.9. The van der Waals surface area contributed by atoms with Crippen molar-refractivity contribution in [2.24, 2.45) is 0 Å². The second kappa shape index (κ2) is 9.80. The van der Waals surface area contributed by atoms with Crippen molar-refractivity contribution in [3.63, 3.8) is 0 Å². The highest BCUT2D eigenvalue weighted by Gasteiger charge is 2.12. The summed E-state index contributed by atoms with van der Waals surface area (Å²) in [7, 11) is 0. The van der Waals surface area contributed by atoms with E-state index < -0.39 is 0 Å². The lowest BCUT2D eigenvalue weighted by Gasteiger charge is -2.05. The van der Waals surface area contributed by atoms with Crippen LogP contribution >= 0.6 is 39.0 Å². The van der Waals surface area contributed by atoms with Crippen LogP contribution in [0.3, 0.4) is 0 Å². The number of thiazole rings is 1. The second-order valence-corrected chi connectivity index (χ2v) is 8.20. The van der Waals surface area contributed by atoms with Crippen molar-refractivity contribution in [1.29, 1.82) is 0 Å². The highest BCUT2D eigenvalue weighted by atomic mass is 79.9. The molecule has 0 radical (unpaired) electrons. The minimum absolute atomic E-state index is 0.151. The van der Waals surface area contributed by atoms with E-state index in [0.717, 1.165) is 23.1 Å². The molecular formula is C18H17BrN4OS2. The van der Waals surface area contributed by atoms with Gasteiger partial charge in [-0.15, -0.1) is 23.1 Å². The number of carbonyl (C=O) groups excluding carboxylic acids is 1. The topological polar surface area (TPSA) is 67.8 Å². The molecule has 134 valence electrons. The molecule has 2 heterocycles. The molecule has 3 aromatic rings. The lowest BCUT2D eigenvalue weighted by Crippen LogP contribution is -2.24. The first-order valence-corrected chi connectivity index (χ1v) is 10.8. The molecule has 1 N–H and O–H groups in total. The van der Waals surface area contributed by atoms with E-state index in [1.807, 2.05) is 30.0 Å². The maximum absolute atomic E-state index is 12.2. The summed E-state index contributed by atoms with van der Waals surface area (Å²) in [4.78, 5) is 26.0. The van der Waals surface area contributed by atoms with Gasteiger partial charge in [0.05, 0.1) is 0 Å². The summed E-state index contributed by atoms with van der Waals surface area (Å²) < 4.78 is 1.13. The number of amides is 1. The summed E-state index contributed by atoms with van der Waals surface area (Å²) in [5.41, 5.74) is 0.417. The molecule has 5 nitrogen and oxygen atoms in total. The third kappa shape index (κ3) is 5.36. The van der Waals surface area contributed by atoms with Crippen LogP contribution in [0.15, 0.2) is 57.5 Å². The number of unbranched alkanes of at least 4 members (excludes halogenated alkanes) is 1. The monoisotopic (exact) mass is 448 g/mol. The van der Waals surface area contributed by atoms with Crippen molar-refractivity contribution < 1.29 is 4.79 Å². The molecule has 3 rings (SSSR count). The average molecular weight is 449 g/mol. The number of aromatic nitrogens is 3. The van der Waals surface area contributed by atoms with E-state index in [1.54, 1.807) is 23.8 Å². The Hall–Kier alpha value is -1.77. The number of nitrogens with one attached hydrogen (secondary N) is 1. The number of nitrogens with zero attached hydrogens (tertiary/aromatic N) is 3. The fraction of sp³-hybridized carbons (Fsp3) is 0.222. The van der Waals surface area contributed by atoms with Crippen molar-refractivity contribution in [1.82, 2.24) is 20.3 Å². The molecule has 2 aromatic heterocycles. The zero-order valence-corrected chi connectivity index (χ0v) is 17.1. The van der Waals surface area contributed by atoms with Gasteiger partial charge in [0.25, 0.3) is 5.91 Å². The minimum Gasteiger partial charge on any atom is -0.351 e. The van der Waals surface area contributed by atoms with Crippen LogP contribution in [0.5, 0.6) is 0 Å². The number of hydrogen-bond acceptors (Lipinski definition) is 6. The molecular weight excluding hydrogens is 432 g/mol. The van der Waals surface area contributed by atoms with Gasteiger partial charge in [0.1, 0.15) is 5.69 Å². The SMILES string of the molecule is O=C(NCCCCSc1ccccc1Br)c1csc(-c2ncccn2)n1. The summed E-state index contributed by atoms with van der Waals surface area (Å²) in [5, 5.41) is 5.31. The van der Waals surface area contributed by atoms with E-state index in [1.165, 1.54) is 16.2 Å². The van der Waals surface area contributed by atoms with Crippen molar-refractivity contribution in [2.75, 3.05) is 12.3 Å². The Morgan fingerprint density at radius 1 is 1.15 bits per heavy atom. The summed E-state index contributed by atoms with van der Waals surface area (Å²) in [6.45, 7) is 0.643. The first kappa shape index (κ1) is 19.0. The molecule has 0 unspecified atom stereocenters. The van der Waals surface area contributed by atoms with Crippen molar-refractivity contribution in [3.8, 4) is 10.8 Å².